The predicted molar refractivity (Wildman–Crippen MR) is 104 cm³/mol. The van der Waals surface area contributed by atoms with Crippen LogP contribution in [0.1, 0.15) is 18.4 Å². The Morgan fingerprint density at radius 1 is 1.26 bits per heavy atom. The van der Waals surface area contributed by atoms with E-state index in [2.05, 4.69) is 30.2 Å². The molecule has 0 radical (unpaired) electrons. The van der Waals surface area contributed by atoms with Crippen LogP contribution in [0.4, 0.5) is 11.6 Å². The topological polar surface area (TPSA) is 113 Å². The molecule has 0 saturated carbocycles. The fourth-order valence-corrected chi connectivity index (χ4v) is 3.57. The molecule has 8 nitrogen and oxygen atoms in total. The van der Waals surface area contributed by atoms with Gasteiger partial charge in [-0.1, -0.05) is 6.07 Å². The van der Waals surface area contributed by atoms with Crippen molar-refractivity contribution in [2.45, 2.75) is 19.8 Å². The molecule has 4 N–H and O–H groups in total. The zero-order valence-corrected chi connectivity index (χ0v) is 15.3. The number of pyridine rings is 1. The van der Waals surface area contributed by atoms with Crippen molar-refractivity contribution in [3.8, 4) is 0 Å². The Bertz CT molecular complexity index is 942. The van der Waals surface area contributed by atoms with E-state index in [0.29, 0.717) is 38.3 Å². The van der Waals surface area contributed by atoms with Gasteiger partial charge < -0.3 is 20.9 Å². The third-order valence-corrected chi connectivity index (χ3v) is 5.38. The van der Waals surface area contributed by atoms with E-state index in [1.165, 1.54) is 0 Å². The van der Waals surface area contributed by atoms with Gasteiger partial charge in [-0.15, -0.1) is 0 Å². The van der Waals surface area contributed by atoms with E-state index in [-0.39, 0.29) is 5.91 Å². The number of aromatic nitrogens is 4. The number of amides is 1. The normalized spacial score (nSPS) is 16.4. The molecule has 3 aromatic rings. The number of aromatic amines is 1. The zero-order valence-electron chi connectivity index (χ0n) is 15.3. The minimum Gasteiger partial charge on any atom is -0.356 e. The number of H-pyrrole nitrogens is 1. The second-order valence-corrected chi connectivity index (χ2v) is 7.08. The van der Waals surface area contributed by atoms with Crippen molar-refractivity contribution in [1.82, 2.24) is 19.9 Å². The maximum absolute atomic E-state index is 12.9. The van der Waals surface area contributed by atoms with Gasteiger partial charge in [0.2, 0.25) is 5.91 Å². The Morgan fingerprint density at radius 3 is 2.78 bits per heavy atom. The average molecular weight is 365 g/mol. The first-order chi connectivity index (χ1) is 13.1. The SMILES string of the molecule is Cc1ccc(NC(=O)C2(CN)CCN(c3ncnc4[nH]ccc34)CC2)nc1. The Balaban J connectivity index is 1.49. The van der Waals surface area contributed by atoms with Crippen LogP contribution in [0.25, 0.3) is 11.0 Å². The lowest BCUT2D eigenvalue weighted by Crippen LogP contribution is -2.50. The molecule has 27 heavy (non-hydrogen) atoms. The minimum absolute atomic E-state index is 0.0597. The third kappa shape index (κ3) is 3.23. The molecule has 8 heteroatoms. The number of nitrogens with zero attached hydrogens (tertiary/aromatic N) is 4. The number of hydrogen-bond donors (Lipinski definition) is 3. The highest BCUT2D eigenvalue weighted by molar-refractivity contribution is 5.95. The molecule has 0 spiro atoms. The fourth-order valence-electron chi connectivity index (χ4n) is 3.57. The number of aryl methyl sites for hydroxylation is 1. The molecule has 1 aliphatic rings. The van der Waals surface area contributed by atoms with Gasteiger partial charge in [0.15, 0.2) is 0 Å². The molecule has 4 heterocycles. The first-order valence-electron chi connectivity index (χ1n) is 9.08. The zero-order chi connectivity index (χ0) is 18.9. The van der Waals surface area contributed by atoms with Crippen LogP contribution in [-0.2, 0) is 4.79 Å². The molecule has 1 saturated heterocycles. The molecule has 3 aromatic heterocycles. The van der Waals surface area contributed by atoms with Crippen LogP contribution >= 0.6 is 0 Å². The van der Waals surface area contributed by atoms with Gasteiger partial charge in [0.1, 0.15) is 23.6 Å². The van der Waals surface area contributed by atoms with Crippen molar-refractivity contribution in [3.63, 3.8) is 0 Å². The van der Waals surface area contributed by atoms with Crippen LogP contribution in [0.3, 0.4) is 0 Å². The van der Waals surface area contributed by atoms with Crippen molar-refractivity contribution >= 4 is 28.6 Å². The van der Waals surface area contributed by atoms with E-state index in [1.807, 2.05) is 31.3 Å². The van der Waals surface area contributed by atoms with Crippen LogP contribution in [0, 0.1) is 12.3 Å². The van der Waals surface area contributed by atoms with Gasteiger partial charge in [-0.05, 0) is 37.5 Å². The van der Waals surface area contributed by atoms with Crippen LogP contribution in [0.5, 0.6) is 0 Å². The predicted octanol–water partition coefficient (Wildman–Crippen LogP) is 1.85. The molecular weight excluding hydrogens is 342 g/mol. The lowest BCUT2D eigenvalue weighted by molar-refractivity contribution is -0.126. The second kappa shape index (κ2) is 6.96. The molecule has 1 amide bonds. The summed E-state index contributed by atoms with van der Waals surface area (Å²) in [6.45, 7) is 3.69. The van der Waals surface area contributed by atoms with E-state index in [0.717, 1.165) is 22.4 Å². The standard InChI is InChI=1S/C19H23N7O/c1-13-2-3-15(22-10-13)25-18(27)19(11-20)5-8-26(9-6-19)17-14-4-7-21-16(14)23-12-24-17/h2-4,7,10,12H,5-6,8-9,11,20H2,1H3,(H,21,23,24)(H,22,25,27). The second-order valence-electron chi connectivity index (χ2n) is 7.08. The Labute approximate surface area is 157 Å². The summed E-state index contributed by atoms with van der Waals surface area (Å²) >= 11 is 0. The molecule has 4 rings (SSSR count). The van der Waals surface area contributed by atoms with Crippen molar-refractivity contribution in [2.24, 2.45) is 11.1 Å². The number of carbonyl (C=O) groups is 1. The highest BCUT2D eigenvalue weighted by Gasteiger charge is 2.41. The molecule has 1 aliphatic heterocycles. The maximum atomic E-state index is 12.9. The Hall–Kier alpha value is -3.00. The van der Waals surface area contributed by atoms with Crippen LogP contribution in [0.2, 0.25) is 0 Å². The number of carbonyl (C=O) groups excluding carboxylic acids is 1. The number of hydrogen-bond acceptors (Lipinski definition) is 6. The molecule has 1 fully saturated rings. The first-order valence-corrected chi connectivity index (χ1v) is 9.08. The fraction of sp³-hybridized carbons (Fsp3) is 0.368. The Morgan fingerprint density at radius 2 is 2.07 bits per heavy atom. The molecule has 0 aromatic carbocycles. The molecule has 0 atom stereocenters. The summed E-state index contributed by atoms with van der Waals surface area (Å²) in [5, 5.41) is 3.92. The molecule has 140 valence electrons. The van der Waals surface area contributed by atoms with Gasteiger partial charge in [-0.3, -0.25) is 4.79 Å². The number of nitrogens with one attached hydrogen (secondary N) is 2. The van der Waals surface area contributed by atoms with E-state index in [1.54, 1.807) is 12.5 Å². The number of rotatable bonds is 4. The quantitative estimate of drug-likeness (QED) is 0.650. The smallest absolute Gasteiger partial charge is 0.233 e. The number of piperidine rings is 1. The first kappa shape index (κ1) is 17.4. The summed E-state index contributed by atoms with van der Waals surface area (Å²) in [6.07, 6.45) is 6.49. The van der Waals surface area contributed by atoms with Crippen molar-refractivity contribution < 1.29 is 4.79 Å². The maximum Gasteiger partial charge on any atom is 0.233 e. The summed E-state index contributed by atoms with van der Waals surface area (Å²) in [5.74, 6) is 1.40. The average Bonchev–Trinajstić information content (AvgIpc) is 3.19. The Kier molecular flexibility index (Phi) is 4.49. The molecule has 0 aliphatic carbocycles. The van der Waals surface area contributed by atoms with Crippen molar-refractivity contribution in [1.29, 1.82) is 0 Å². The number of nitrogens with two attached hydrogens (primary N) is 1. The molecule has 0 unspecified atom stereocenters. The van der Waals surface area contributed by atoms with E-state index < -0.39 is 5.41 Å². The van der Waals surface area contributed by atoms with Gasteiger partial charge in [0.25, 0.3) is 0 Å². The van der Waals surface area contributed by atoms with Crippen molar-refractivity contribution in [3.05, 3.63) is 42.5 Å². The van der Waals surface area contributed by atoms with Crippen molar-refractivity contribution in [2.75, 3.05) is 29.9 Å². The summed E-state index contributed by atoms with van der Waals surface area (Å²) in [6, 6.07) is 5.72. The van der Waals surface area contributed by atoms with E-state index in [9.17, 15) is 4.79 Å². The summed E-state index contributed by atoms with van der Waals surface area (Å²) in [7, 11) is 0. The lowest BCUT2D eigenvalue weighted by Gasteiger charge is -2.40. The molecule has 0 bridgehead atoms. The lowest BCUT2D eigenvalue weighted by atomic mass is 9.77. The van der Waals surface area contributed by atoms with Crippen LogP contribution in [-0.4, -0.2) is 45.5 Å². The van der Waals surface area contributed by atoms with E-state index >= 15 is 0 Å². The highest BCUT2D eigenvalue weighted by Crippen LogP contribution is 2.35. The van der Waals surface area contributed by atoms with Gasteiger partial charge in [-0.25, -0.2) is 15.0 Å². The van der Waals surface area contributed by atoms with Crippen LogP contribution < -0.4 is 16.0 Å². The highest BCUT2D eigenvalue weighted by atomic mass is 16.2. The third-order valence-electron chi connectivity index (χ3n) is 5.38. The summed E-state index contributed by atoms with van der Waals surface area (Å²) in [5.41, 5.74) is 7.32. The molecular formula is C19H23N7O. The van der Waals surface area contributed by atoms with Gasteiger partial charge in [0, 0.05) is 32.0 Å². The summed E-state index contributed by atoms with van der Waals surface area (Å²) in [4.78, 5) is 31.2. The monoisotopic (exact) mass is 365 g/mol. The van der Waals surface area contributed by atoms with Gasteiger partial charge >= 0.3 is 0 Å². The minimum atomic E-state index is -0.590. The largest absolute Gasteiger partial charge is 0.356 e. The van der Waals surface area contributed by atoms with Gasteiger partial charge in [0.05, 0.1) is 10.8 Å². The summed E-state index contributed by atoms with van der Waals surface area (Å²) < 4.78 is 0. The number of anilines is 2. The van der Waals surface area contributed by atoms with E-state index in [4.69, 9.17) is 5.73 Å². The van der Waals surface area contributed by atoms with Gasteiger partial charge in [-0.2, -0.15) is 0 Å². The number of fused-ring (bicyclic) bond motifs is 1. The van der Waals surface area contributed by atoms with Crippen LogP contribution in [0.15, 0.2) is 36.9 Å².